The Kier molecular flexibility index (Phi) is 5.01. The van der Waals surface area contributed by atoms with E-state index in [0.717, 1.165) is 9.86 Å². The Bertz CT molecular complexity index is 1630. The van der Waals surface area contributed by atoms with Crippen molar-refractivity contribution in [3.8, 4) is 0 Å². The molecular weight excluding hydrogens is 522 g/mol. The summed E-state index contributed by atoms with van der Waals surface area (Å²) in [6.07, 6.45) is -0.106. The number of hydrogen-bond donors (Lipinski definition) is 2. The molecule has 36 heavy (non-hydrogen) atoms. The van der Waals surface area contributed by atoms with Crippen LogP contribution < -0.4 is 10.2 Å². The summed E-state index contributed by atoms with van der Waals surface area (Å²) in [5, 5.41) is 15.2. The summed E-state index contributed by atoms with van der Waals surface area (Å²) in [5.74, 6) is -2.81. The molecule has 2 amide bonds. The second-order valence-corrected chi connectivity index (χ2v) is 9.62. The third kappa shape index (κ3) is 3.18. The fourth-order valence-electron chi connectivity index (χ4n) is 4.98. The van der Waals surface area contributed by atoms with Gasteiger partial charge in [-0.15, -0.1) is 0 Å². The van der Waals surface area contributed by atoms with E-state index in [1.807, 2.05) is 30.3 Å². The molecule has 0 spiro atoms. The number of aliphatic hydroxyl groups is 1. The zero-order chi connectivity index (χ0) is 25.0. The normalized spacial score (nSPS) is 20.2. The lowest BCUT2D eigenvalue weighted by molar-refractivity contribution is -0.132. The molecule has 1 atom stereocenters. The largest absolute Gasteiger partial charge is 0.507 e. The molecule has 8 heteroatoms. The van der Waals surface area contributed by atoms with Gasteiger partial charge in [0.05, 0.1) is 22.5 Å². The van der Waals surface area contributed by atoms with Crippen LogP contribution in [-0.2, 0) is 20.8 Å². The zero-order valence-corrected chi connectivity index (χ0v) is 20.3. The number of rotatable bonds is 3. The molecule has 1 unspecified atom stereocenters. The van der Waals surface area contributed by atoms with Gasteiger partial charge in [0, 0.05) is 27.5 Å². The molecular formula is C28H18BrN3O4. The highest BCUT2D eigenvalue weighted by molar-refractivity contribution is 9.10. The Morgan fingerprint density at radius 3 is 2.44 bits per heavy atom. The molecule has 7 nitrogen and oxygen atoms in total. The number of amides is 2. The minimum atomic E-state index is -1.82. The van der Waals surface area contributed by atoms with Crippen molar-refractivity contribution in [2.24, 2.45) is 0 Å². The first-order valence-corrected chi connectivity index (χ1v) is 12.0. The van der Waals surface area contributed by atoms with E-state index in [-0.39, 0.29) is 12.0 Å². The monoisotopic (exact) mass is 539 g/mol. The number of ketones is 1. The molecule has 4 aromatic rings. The highest BCUT2D eigenvalue weighted by Crippen LogP contribution is 2.48. The fraction of sp³-hybridized carbons (Fsp3) is 0.0714. The lowest BCUT2D eigenvalue weighted by Gasteiger charge is -2.41. The Morgan fingerprint density at radius 2 is 1.64 bits per heavy atom. The number of carbonyl (C=O) groups is 3. The average molecular weight is 540 g/mol. The number of carbonyl (C=O) groups excluding carboxylic acids is 3. The summed E-state index contributed by atoms with van der Waals surface area (Å²) < 4.78 is 0.777. The second-order valence-electron chi connectivity index (χ2n) is 8.70. The van der Waals surface area contributed by atoms with Gasteiger partial charge in [-0.2, -0.15) is 0 Å². The standard InChI is InChI=1S/C28H18BrN3O4/c29-18-12-9-17(10-13-18)24(33)23-25(34)26(35)32-22-8-4-3-7-21(22)31-27(36)28(23,32)15-19-14-11-16-5-1-2-6-20(16)30-19/h1-14,33H,15H2,(H,31,36)/b24-23-. The maximum atomic E-state index is 13.9. The van der Waals surface area contributed by atoms with Crippen LogP contribution in [0, 0.1) is 0 Å². The van der Waals surface area contributed by atoms with Gasteiger partial charge < -0.3 is 10.4 Å². The van der Waals surface area contributed by atoms with Gasteiger partial charge in [0.1, 0.15) is 5.76 Å². The molecule has 3 heterocycles. The molecule has 2 N–H and O–H groups in total. The van der Waals surface area contributed by atoms with Crippen molar-refractivity contribution in [2.45, 2.75) is 12.0 Å². The van der Waals surface area contributed by atoms with E-state index in [4.69, 9.17) is 4.98 Å². The van der Waals surface area contributed by atoms with E-state index in [2.05, 4.69) is 21.2 Å². The van der Waals surface area contributed by atoms with Crippen LogP contribution in [0.4, 0.5) is 11.4 Å². The number of fused-ring (bicyclic) bond motifs is 4. The number of para-hydroxylation sites is 3. The average Bonchev–Trinajstić information content (AvgIpc) is 3.11. The van der Waals surface area contributed by atoms with Crippen LogP contribution >= 0.6 is 15.9 Å². The number of hydrogen-bond acceptors (Lipinski definition) is 5. The molecule has 0 radical (unpaired) electrons. The SMILES string of the molecule is O=C1C(=O)N2c3ccccc3NC(=O)C2(Cc2ccc3ccccc3n2)/C1=C(\O)c1ccc(Br)cc1. The van der Waals surface area contributed by atoms with E-state index < -0.39 is 28.9 Å². The number of benzene rings is 3. The maximum absolute atomic E-state index is 13.9. The molecule has 2 aliphatic heterocycles. The highest BCUT2D eigenvalue weighted by atomic mass is 79.9. The van der Waals surface area contributed by atoms with Gasteiger partial charge in [0.2, 0.25) is 0 Å². The summed E-state index contributed by atoms with van der Waals surface area (Å²) in [4.78, 5) is 46.8. The lowest BCUT2D eigenvalue weighted by Crippen LogP contribution is -2.60. The van der Waals surface area contributed by atoms with E-state index in [1.165, 1.54) is 4.90 Å². The molecule has 6 rings (SSSR count). The molecule has 3 aromatic carbocycles. The number of anilines is 2. The van der Waals surface area contributed by atoms with Gasteiger partial charge in [-0.25, -0.2) is 0 Å². The van der Waals surface area contributed by atoms with Crippen LogP contribution in [0.3, 0.4) is 0 Å². The summed E-state index contributed by atoms with van der Waals surface area (Å²) in [6.45, 7) is 0. The quantitative estimate of drug-likeness (QED) is 0.221. The van der Waals surface area contributed by atoms with Crippen LogP contribution in [0.2, 0.25) is 0 Å². The predicted octanol–water partition coefficient (Wildman–Crippen LogP) is 4.82. The lowest BCUT2D eigenvalue weighted by atomic mass is 9.80. The Balaban J connectivity index is 1.62. The van der Waals surface area contributed by atoms with Crippen LogP contribution in [0.15, 0.2) is 95.0 Å². The van der Waals surface area contributed by atoms with Gasteiger partial charge in [-0.3, -0.25) is 24.3 Å². The van der Waals surface area contributed by atoms with Crippen molar-refractivity contribution in [3.63, 3.8) is 0 Å². The predicted molar refractivity (Wildman–Crippen MR) is 139 cm³/mol. The number of nitrogens with zero attached hydrogens (tertiary/aromatic N) is 2. The van der Waals surface area contributed by atoms with E-state index in [1.54, 1.807) is 54.6 Å². The molecule has 1 fully saturated rings. The summed E-state index contributed by atoms with van der Waals surface area (Å²) in [5.41, 5.74) is 0.231. The number of halogens is 1. The van der Waals surface area contributed by atoms with E-state index >= 15 is 0 Å². The van der Waals surface area contributed by atoms with Gasteiger partial charge in [0.25, 0.3) is 11.7 Å². The van der Waals surface area contributed by atoms with Gasteiger partial charge in [-0.05, 0) is 36.4 Å². The van der Waals surface area contributed by atoms with E-state index in [0.29, 0.717) is 28.1 Å². The van der Waals surface area contributed by atoms with Gasteiger partial charge in [0.15, 0.2) is 5.54 Å². The number of aromatic nitrogens is 1. The van der Waals surface area contributed by atoms with Crippen molar-refractivity contribution < 1.29 is 19.5 Å². The topological polar surface area (TPSA) is 99.6 Å². The highest BCUT2D eigenvalue weighted by Gasteiger charge is 2.64. The number of nitrogens with one attached hydrogen (secondary N) is 1. The van der Waals surface area contributed by atoms with Crippen LogP contribution in [0.1, 0.15) is 11.3 Å². The Hall–Kier alpha value is -4.30. The van der Waals surface area contributed by atoms with Crippen molar-refractivity contribution in [3.05, 3.63) is 106 Å². The smallest absolute Gasteiger partial charge is 0.300 e. The van der Waals surface area contributed by atoms with Gasteiger partial charge in [-0.1, -0.05) is 64.5 Å². The Morgan fingerprint density at radius 1 is 0.917 bits per heavy atom. The van der Waals surface area contributed by atoms with E-state index in [9.17, 15) is 19.5 Å². The minimum absolute atomic E-state index is 0.106. The third-order valence-electron chi connectivity index (χ3n) is 6.64. The fourth-order valence-corrected chi connectivity index (χ4v) is 5.25. The van der Waals surface area contributed by atoms with Crippen molar-refractivity contribution in [2.75, 3.05) is 10.2 Å². The molecule has 176 valence electrons. The van der Waals surface area contributed by atoms with Crippen LogP contribution in [0.5, 0.6) is 0 Å². The van der Waals surface area contributed by atoms with Crippen molar-refractivity contribution in [1.82, 2.24) is 4.98 Å². The maximum Gasteiger partial charge on any atom is 0.300 e. The first kappa shape index (κ1) is 22.2. The number of aliphatic hydroxyl groups excluding tert-OH is 1. The first-order valence-electron chi connectivity index (χ1n) is 11.2. The second kappa shape index (κ2) is 8.13. The molecule has 1 aromatic heterocycles. The molecule has 1 saturated heterocycles. The number of Topliss-reactive ketones (excluding diaryl/α,β-unsaturated/α-hetero) is 1. The first-order chi connectivity index (χ1) is 17.4. The molecule has 0 bridgehead atoms. The summed E-state index contributed by atoms with van der Waals surface area (Å²) in [7, 11) is 0. The Labute approximate surface area is 214 Å². The van der Waals surface area contributed by atoms with Crippen LogP contribution in [-0.4, -0.2) is 33.2 Å². The molecule has 0 saturated carbocycles. The number of pyridine rings is 1. The van der Waals surface area contributed by atoms with Crippen molar-refractivity contribution in [1.29, 1.82) is 0 Å². The van der Waals surface area contributed by atoms with Crippen molar-refractivity contribution >= 4 is 61.6 Å². The molecule has 2 aliphatic rings. The summed E-state index contributed by atoms with van der Waals surface area (Å²) >= 11 is 3.36. The van der Waals surface area contributed by atoms with Crippen LogP contribution in [0.25, 0.3) is 16.7 Å². The third-order valence-corrected chi connectivity index (χ3v) is 7.16. The van der Waals surface area contributed by atoms with Gasteiger partial charge >= 0.3 is 5.91 Å². The molecule has 0 aliphatic carbocycles. The summed E-state index contributed by atoms with van der Waals surface area (Å²) in [6, 6.07) is 24.6. The zero-order valence-electron chi connectivity index (χ0n) is 18.7. The minimum Gasteiger partial charge on any atom is -0.507 e.